The highest BCUT2D eigenvalue weighted by atomic mass is 19.1. The third-order valence-electron chi connectivity index (χ3n) is 3.35. The molecule has 0 radical (unpaired) electrons. The molecule has 1 aromatic heterocycles. The number of hydrogen-bond donors (Lipinski definition) is 3. The van der Waals surface area contributed by atoms with Crippen molar-refractivity contribution in [2.45, 2.75) is 13.0 Å². The van der Waals surface area contributed by atoms with E-state index in [1.807, 2.05) is 13.0 Å². The Bertz CT molecular complexity index is 892. The first-order valence-electron chi connectivity index (χ1n) is 8.38. The summed E-state index contributed by atoms with van der Waals surface area (Å²) in [6.45, 7) is 0.148. The van der Waals surface area contributed by atoms with Gasteiger partial charge in [0.15, 0.2) is 11.5 Å². The van der Waals surface area contributed by atoms with Gasteiger partial charge in [0, 0.05) is 5.69 Å². The first-order chi connectivity index (χ1) is 13.9. The van der Waals surface area contributed by atoms with E-state index >= 15 is 0 Å². The number of carbonyl (C=O) groups is 1. The van der Waals surface area contributed by atoms with Crippen molar-refractivity contribution in [1.82, 2.24) is 9.97 Å². The molecule has 0 unspecified atom stereocenters. The number of alkyl halides is 2. The van der Waals surface area contributed by atoms with Crippen LogP contribution in [0.1, 0.15) is 17.4 Å². The summed E-state index contributed by atoms with van der Waals surface area (Å²) < 4.78 is 33.1. The van der Waals surface area contributed by atoms with Gasteiger partial charge in [0.25, 0.3) is 11.9 Å². The number of benzene rings is 1. The van der Waals surface area contributed by atoms with Gasteiger partial charge in [-0.2, -0.15) is 4.98 Å². The van der Waals surface area contributed by atoms with Gasteiger partial charge in [-0.05, 0) is 25.1 Å². The minimum absolute atomic E-state index is 0.0441. The smallest absolute Gasteiger partial charge is 0.287 e. The predicted octanol–water partition coefficient (Wildman–Crippen LogP) is 2.19. The molecule has 11 heteroatoms. The molecule has 5 N–H and O–H groups in total. The van der Waals surface area contributed by atoms with E-state index in [1.165, 1.54) is 0 Å². The van der Waals surface area contributed by atoms with E-state index < -0.39 is 19.4 Å². The highest BCUT2D eigenvalue weighted by molar-refractivity contribution is 6.05. The second-order valence-electron chi connectivity index (χ2n) is 5.59. The maximum atomic E-state index is 11.9. The van der Waals surface area contributed by atoms with Crippen molar-refractivity contribution < 1.29 is 23.0 Å². The fraction of sp³-hybridized carbons (Fsp3) is 0.222. The third-order valence-corrected chi connectivity index (χ3v) is 3.35. The molecule has 0 fully saturated rings. The van der Waals surface area contributed by atoms with Gasteiger partial charge in [-0.1, -0.05) is 18.2 Å². The van der Waals surface area contributed by atoms with Gasteiger partial charge >= 0.3 is 0 Å². The minimum atomic E-state index is -1.04. The lowest BCUT2D eigenvalue weighted by atomic mass is 10.3. The van der Waals surface area contributed by atoms with Crippen LogP contribution < -0.4 is 21.5 Å². The number of carbonyl (C=O) groups excluding carboxylic acids is 1. The summed E-state index contributed by atoms with van der Waals surface area (Å²) in [6.07, 6.45) is 2.73. The number of para-hydroxylation sites is 1. The van der Waals surface area contributed by atoms with Gasteiger partial charge in [0.05, 0.1) is 12.2 Å². The topological polar surface area (TPSA) is 138 Å². The minimum Gasteiger partial charge on any atom is -0.445 e. The highest BCUT2D eigenvalue weighted by Crippen LogP contribution is 2.14. The number of amides is 1. The van der Waals surface area contributed by atoms with Gasteiger partial charge in [0.2, 0.25) is 12.7 Å². The van der Waals surface area contributed by atoms with Crippen molar-refractivity contribution in [3.8, 4) is 5.88 Å². The molecule has 0 spiro atoms. The van der Waals surface area contributed by atoms with E-state index in [4.69, 9.17) is 16.2 Å². The zero-order valence-electron chi connectivity index (χ0n) is 15.5. The molecule has 0 bridgehead atoms. The van der Waals surface area contributed by atoms with Crippen LogP contribution in [-0.2, 0) is 4.74 Å². The van der Waals surface area contributed by atoms with Crippen molar-refractivity contribution in [2.75, 3.05) is 24.6 Å². The number of anilines is 2. The fourth-order valence-corrected chi connectivity index (χ4v) is 2.17. The molecule has 0 aliphatic carbocycles. The van der Waals surface area contributed by atoms with Crippen LogP contribution in [0.4, 0.5) is 20.3 Å². The second kappa shape index (κ2) is 10.5. The van der Waals surface area contributed by atoms with Crippen LogP contribution >= 0.6 is 0 Å². The Balaban J connectivity index is 0.000000253. The number of ether oxygens (including phenoxy) is 2. The number of nitrogens with two attached hydrogens (primary N) is 2. The lowest BCUT2D eigenvalue weighted by Crippen LogP contribution is -2.23. The molecule has 3 rings (SSSR count). The summed E-state index contributed by atoms with van der Waals surface area (Å²) in [7, 11) is 0. The molecule has 29 heavy (non-hydrogen) atoms. The van der Waals surface area contributed by atoms with Gasteiger partial charge in [0.1, 0.15) is 12.4 Å². The Labute approximate surface area is 165 Å². The Morgan fingerprint density at radius 3 is 2.59 bits per heavy atom. The van der Waals surface area contributed by atoms with E-state index in [1.54, 1.807) is 30.3 Å². The van der Waals surface area contributed by atoms with Gasteiger partial charge in [-0.25, -0.2) is 18.8 Å². The largest absolute Gasteiger partial charge is 0.445 e. The summed E-state index contributed by atoms with van der Waals surface area (Å²) in [6, 6.07) is 8.81. The quantitative estimate of drug-likeness (QED) is 0.692. The monoisotopic (exact) mass is 406 g/mol. The number of hydrogen-bond acceptors (Lipinski definition) is 8. The number of nitrogens with one attached hydrogen (secondary N) is 1. The highest BCUT2D eigenvalue weighted by Gasteiger charge is 2.14. The molecule has 1 aromatic carbocycles. The van der Waals surface area contributed by atoms with Crippen LogP contribution in [0.5, 0.6) is 5.88 Å². The average Bonchev–Trinajstić information content (AvgIpc) is 2.69. The molecular formula is C18H20F2N6O3. The van der Waals surface area contributed by atoms with Gasteiger partial charge in [-0.15, -0.1) is 0 Å². The molecule has 9 nitrogen and oxygen atoms in total. The molecule has 1 aliphatic rings. The summed E-state index contributed by atoms with van der Waals surface area (Å²) in [5, 5.41) is 2.61. The maximum absolute atomic E-state index is 11.9. The van der Waals surface area contributed by atoms with Crippen molar-refractivity contribution in [3.63, 3.8) is 0 Å². The van der Waals surface area contributed by atoms with Crippen LogP contribution in [0.3, 0.4) is 0 Å². The number of halogens is 2. The molecule has 1 aliphatic heterocycles. The number of allylic oxidation sites excluding steroid dienone is 1. The Hall–Kier alpha value is -3.76. The standard InChI is InChI=1S/C12H11FN4O2.C6H9FN2O/c13-7-19-9-6-15-10(11(14)17-9)12(18)16-8-4-2-1-3-5-8;1-4-2-5(3-7)10-6(8)9-4/h1-6H,7H2,(H2,14,17)(H,16,18);2,4H,3H2,1H3,(H2,8,9)/t;4-/m.0/s1. The van der Waals surface area contributed by atoms with Crippen LogP contribution in [0.25, 0.3) is 0 Å². The van der Waals surface area contributed by atoms with Crippen molar-refractivity contribution in [3.05, 3.63) is 54.1 Å². The van der Waals surface area contributed by atoms with Crippen molar-refractivity contribution >= 4 is 23.4 Å². The van der Waals surface area contributed by atoms with E-state index in [2.05, 4.69) is 25.0 Å². The van der Waals surface area contributed by atoms with E-state index in [0.717, 1.165) is 6.20 Å². The third kappa shape index (κ3) is 6.72. The zero-order valence-corrected chi connectivity index (χ0v) is 15.5. The number of amidine groups is 1. The Morgan fingerprint density at radius 1 is 1.28 bits per heavy atom. The molecule has 1 atom stereocenters. The van der Waals surface area contributed by atoms with Crippen LogP contribution in [0, 0.1) is 0 Å². The molecule has 154 valence electrons. The first kappa shape index (κ1) is 21.5. The molecule has 1 amide bonds. The fourth-order valence-electron chi connectivity index (χ4n) is 2.17. The molecule has 0 saturated carbocycles. The normalized spacial score (nSPS) is 15.1. The maximum Gasteiger partial charge on any atom is 0.287 e. The molecular weight excluding hydrogens is 386 g/mol. The van der Waals surface area contributed by atoms with Crippen molar-refractivity contribution in [1.29, 1.82) is 0 Å². The molecule has 2 aromatic rings. The van der Waals surface area contributed by atoms with Crippen LogP contribution in [-0.4, -0.2) is 41.5 Å². The lowest BCUT2D eigenvalue weighted by Gasteiger charge is -2.13. The lowest BCUT2D eigenvalue weighted by molar-refractivity contribution is 0.102. The van der Waals surface area contributed by atoms with E-state index in [0.29, 0.717) is 5.69 Å². The summed E-state index contributed by atoms with van der Waals surface area (Å²) in [4.78, 5) is 23.2. The number of aliphatic imine (C=N–C) groups is 1. The predicted molar refractivity (Wildman–Crippen MR) is 104 cm³/mol. The van der Waals surface area contributed by atoms with Gasteiger partial charge in [-0.3, -0.25) is 4.79 Å². The van der Waals surface area contributed by atoms with E-state index in [9.17, 15) is 13.6 Å². The molecule has 2 heterocycles. The van der Waals surface area contributed by atoms with E-state index in [-0.39, 0.29) is 35.2 Å². The summed E-state index contributed by atoms with van der Waals surface area (Å²) in [5.74, 6) is -0.446. The molecule has 0 saturated heterocycles. The van der Waals surface area contributed by atoms with Gasteiger partial charge < -0.3 is 26.3 Å². The Morgan fingerprint density at radius 2 is 2.00 bits per heavy atom. The number of rotatable bonds is 5. The average molecular weight is 406 g/mol. The van der Waals surface area contributed by atoms with Crippen LogP contribution in [0.15, 0.2) is 53.4 Å². The SMILES string of the molecule is C[C@H]1C=C(CF)OC(N)=N1.Nc1nc(OCF)cnc1C(=O)Nc1ccccc1. The second-order valence-corrected chi connectivity index (χ2v) is 5.59. The number of aromatic nitrogens is 2. The number of nitrogen functional groups attached to an aromatic ring is 1. The zero-order chi connectivity index (χ0) is 21.2. The summed E-state index contributed by atoms with van der Waals surface area (Å²) in [5.41, 5.74) is 11.3. The number of nitrogens with zero attached hydrogens (tertiary/aromatic N) is 3. The van der Waals surface area contributed by atoms with Crippen molar-refractivity contribution in [2.24, 2.45) is 10.7 Å². The Kier molecular flexibility index (Phi) is 7.83. The first-order valence-corrected chi connectivity index (χ1v) is 8.38. The van der Waals surface area contributed by atoms with Crippen LogP contribution in [0.2, 0.25) is 0 Å². The summed E-state index contributed by atoms with van der Waals surface area (Å²) >= 11 is 0.